The zero-order chi connectivity index (χ0) is 12.2. The van der Waals surface area contributed by atoms with Crippen molar-refractivity contribution in [2.45, 2.75) is 31.7 Å². The molecule has 0 aliphatic heterocycles. The summed E-state index contributed by atoms with van der Waals surface area (Å²) in [6.45, 7) is 1.02. The van der Waals surface area contributed by atoms with E-state index in [-0.39, 0.29) is 0 Å². The number of hydrogen-bond acceptors (Lipinski definition) is 2. The van der Waals surface area contributed by atoms with Crippen LogP contribution in [0.5, 0.6) is 0 Å². The average Bonchev–Trinajstić information content (AvgIpc) is 2.92. The lowest BCUT2D eigenvalue weighted by molar-refractivity contribution is 0.461. The van der Waals surface area contributed by atoms with Crippen molar-refractivity contribution in [3.05, 3.63) is 53.6 Å². The molecule has 0 amide bonds. The number of nitrogens with zero attached hydrogens (tertiary/aromatic N) is 1. The summed E-state index contributed by atoms with van der Waals surface area (Å²) in [4.78, 5) is 7.17. The maximum Gasteiger partial charge on any atom is 0.0921 e. The molecule has 0 fully saturated rings. The minimum atomic E-state index is 0.628. The second-order valence-electron chi connectivity index (χ2n) is 4.99. The molecule has 1 aromatic carbocycles. The average molecular weight is 241 g/mol. The van der Waals surface area contributed by atoms with Crippen molar-refractivity contribution in [1.82, 2.24) is 15.3 Å². The number of aromatic amines is 1. The van der Waals surface area contributed by atoms with Gasteiger partial charge in [-0.2, -0.15) is 0 Å². The number of nitrogens with one attached hydrogen (secondary N) is 2. The molecule has 3 heteroatoms. The van der Waals surface area contributed by atoms with E-state index in [1.165, 1.54) is 36.1 Å². The normalized spacial score (nSPS) is 18.6. The van der Waals surface area contributed by atoms with Gasteiger partial charge >= 0.3 is 0 Å². The molecule has 1 aromatic heterocycles. The second-order valence-corrected chi connectivity index (χ2v) is 4.99. The lowest BCUT2D eigenvalue weighted by Crippen LogP contribution is -2.35. The Labute approximate surface area is 108 Å². The van der Waals surface area contributed by atoms with Crippen LogP contribution in [0.4, 0.5) is 0 Å². The highest BCUT2D eigenvalue weighted by molar-refractivity contribution is 5.30. The van der Waals surface area contributed by atoms with Gasteiger partial charge < -0.3 is 10.3 Å². The molecule has 1 aliphatic rings. The molecular weight excluding hydrogens is 222 g/mol. The van der Waals surface area contributed by atoms with Crippen LogP contribution >= 0.6 is 0 Å². The second kappa shape index (κ2) is 5.36. The van der Waals surface area contributed by atoms with Crippen LogP contribution in [-0.2, 0) is 19.3 Å². The van der Waals surface area contributed by atoms with Gasteiger partial charge in [0.15, 0.2) is 0 Å². The van der Waals surface area contributed by atoms with Crippen molar-refractivity contribution < 1.29 is 0 Å². The lowest BCUT2D eigenvalue weighted by Gasteiger charge is -2.25. The molecule has 94 valence electrons. The number of hydrogen-bond donors (Lipinski definition) is 2. The number of fused-ring (bicyclic) bond motifs is 1. The Morgan fingerprint density at radius 1 is 1.28 bits per heavy atom. The van der Waals surface area contributed by atoms with E-state index in [9.17, 15) is 0 Å². The van der Waals surface area contributed by atoms with Crippen LogP contribution in [0.15, 0.2) is 36.8 Å². The third kappa shape index (κ3) is 2.62. The molecule has 0 bridgehead atoms. The van der Waals surface area contributed by atoms with Gasteiger partial charge in [0.2, 0.25) is 0 Å². The van der Waals surface area contributed by atoms with E-state index in [0.717, 1.165) is 13.0 Å². The Kier molecular flexibility index (Phi) is 3.42. The fourth-order valence-corrected chi connectivity index (χ4v) is 2.70. The maximum absolute atomic E-state index is 4.03. The zero-order valence-corrected chi connectivity index (χ0v) is 10.5. The predicted octanol–water partition coefficient (Wildman–Crippen LogP) is 2.10. The van der Waals surface area contributed by atoms with E-state index >= 15 is 0 Å². The molecule has 2 N–H and O–H groups in total. The number of H-pyrrole nitrogens is 1. The van der Waals surface area contributed by atoms with E-state index in [4.69, 9.17) is 0 Å². The standard InChI is InChI=1S/C15H19N3/c1-2-4-13-9-14(6-5-12(13)3-1)17-8-7-15-10-16-11-18-15/h1-4,10-11,14,17H,5-9H2,(H,16,18). The summed E-state index contributed by atoms with van der Waals surface area (Å²) < 4.78 is 0. The summed E-state index contributed by atoms with van der Waals surface area (Å²) in [5, 5.41) is 3.65. The number of aryl methyl sites for hydroxylation is 1. The largest absolute Gasteiger partial charge is 0.348 e. The van der Waals surface area contributed by atoms with Crippen molar-refractivity contribution in [2.24, 2.45) is 0 Å². The minimum absolute atomic E-state index is 0.628. The van der Waals surface area contributed by atoms with Gasteiger partial charge in [0.25, 0.3) is 0 Å². The molecule has 1 aliphatic carbocycles. The smallest absolute Gasteiger partial charge is 0.0921 e. The first-order valence-electron chi connectivity index (χ1n) is 6.69. The van der Waals surface area contributed by atoms with Crippen molar-refractivity contribution in [3.63, 3.8) is 0 Å². The van der Waals surface area contributed by atoms with Crippen LogP contribution in [0.2, 0.25) is 0 Å². The maximum atomic E-state index is 4.03. The van der Waals surface area contributed by atoms with Gasteiger partial charge in [-0.25, -0.2) is 4.98 Å². The summed E-state index contributed by atoms with van der Waals surface area (Å²) in [6, 6.07) is 9.44. The minimum Gasteiger partial charge on any atom is -0.348 e. The third-order valence-corrected chi connectivity index (χ3v) is 3.73. The molecule has 18 heavy (non-hydrogen) atoms. The van der Waals surface area contributed by atoms with Gasteiger partial charge in [-0.1, -0.05) is 24.3 Å². The van der Waals surface area contributed by atoms with Crippen molar-refractivity contribution in [2.75, 3.05) is 6.54 Å². The van der Waals surface area contributed by atoms with Crippen molar-refractivity contribution in [1.29, 1.82) is 0 Å². The fourth-order valence-electron chi connectivity index (χ4n) is 2.70. The zero-order valence-electron chi connectivity index (χ0n) is 10.5. The van der Waals surface area contributed by atoms with Gasteiger partial charge in [-0.05, 0) is 30.4 Å². The Morgan fingerprint density at radius 3 is 3.00 bits per heavy atom. The monoisotopic (exact) mass is 241 g/mol. The molecule has 0 saturated heterocycles. The predicted molar refractivity (Wildman–Crippen MR) is 72.5 cm³/mol. The van der Waals surface area contributed by atoms with Crippen LogP contribution in [0.1, 0.15) is 23.2 Å². The molecule has 3 nitrogen and oxygen atoms in total. The van der Waals surface area contributed by atoms with Gasteiger partial charge in [-0.15, -0.1) is 0 Å². The SMILES string of the molecule is c1ccc2c(c1)CCC(NCCc1cnc[nH]1)C2. The Hall–Kier alpha value is -1.61. The molecule has 0 radical (unpaired) electrons. The van der Waals surface area contributed by atoms with E-state index in [1.807, 2.05) is 6.20 Å². The molecule has 3 rings (SSSR count). The molecule has 1 atom stereocenters. The van der Waals surface area contributed by atoms with Gasteiger partial charge in [-0.3, -0.25) is 0 Å². The Bertz CT molecular complexity index is 490. The van der Waals surface area contributed by atoms with Crippen molar-refractivity contribution in [3.8, 4) is 0 Å². The molecular formula is C15H19N3. The summed E-state index contributed by atoms with van der Waals surface area (Å²) in [5.41, 5.74) is 4.26. The number of imidazole rings is 1. The Morgan fingerprint density at radius 2 is 2.17 bits per heavy atom. The lowest BCUT2D eigenvalue weighted by atomic mass is 9.88. The first-order chi connectivity index (χ1) is 8.92. The number of aromatic nitrogens is 2. The first-order valence-corrected chi connectivity index (χ1v) is 6.69. The van der Waals surface area contributed by atoms with E-state index in [1.54, 1.807) is 6.33 Å². The molecule has 0 spiro atoms. The van der Waals surface area contributed by atoms with Crippen LogP contribution in [0.3, 0.4) is 0 Å². The Balaban J connectivity index is 1.51. The highest BCUT2D eigenvalue weighted by atomic mass is 14.9. The van der Waals surface area contributed by atoms with Gasteiger partial charge in [0.1, 0.15) is 0 Å². The van der Waals surface area contributed by atoms with E-state index in [0.29, 0.717) is 6.04 Å². The summed E-state index contributed by atoms with van der Waals surface area (Å²) in [5.74, 6) is 0. The van der Waals surface area contributed by atoms with Crippen molar-refractivity contribution >= 4 is 0 Å². The molecule has 2 aromatic rings. The topological polar surface area (TPSA) is 40.7 Å². The molecule has 0 saturated carbocycles. The molecule has 1 heterocycles. The number of rotatable bonds is 4. The van der Waals surface area contributed by atoms with Crippen LogP contribution in [0, 0.1) is 0 Å². The summed E-state index contributed by atoms with van der Waals surface area (Å²) in [6.07, 6.45) is 8.29. The van der Waals surface area contributed by atoms with Crippen LogP contribution in [0.25, 0.3) is 0 Å². The quantitative estimate of drug-likeness (QED) is 0.860. The van der Waals surface area contributed by atoms with E-state index < -0.39 is 0 Å². The molecule has 1 unspecified atom stereocenters. The number of benzene rings is 1. The van der Waals surface area contributed by atoms with Gasteiger partial charge in [0.05, 0.1) is 6.33 Å². The summed E-state index contributed by atoms with van der Waals surface area (Å²) in [7, 11) is 0. The first kappa shape index (κ1) is 11.5. The van der Waals surface area contributed by atoms with E-state index in [2.05, 4.69) is 39.6 Å². The third-order valence-electron chi connectivity index (χ3n) is 3.73. The highest BCUT2D eigenvalue weighted by Gasteiger charge is 2.17. The van der Waals surface area contributed by atoms with Gasteiger partial charge in [0, 0.05) is 30.9 Å². The fraction of sp³-hybridized carbons (Fsp3) is 0.400. The van der Waals surface area contributed by atoms with Crippen LogP contribution in [-0.4, -0.2) is 22.6 Å². The highest BCUT2D eigenvalue weighted by Crippen LogP contribution is 2.20. The van der Waals surface area contributed by atoms with Crippen LogP contribution < -0.4 is 5.32 Å². The summed E-state index contributed by atoms with van der Waals surface area (Å²) >= 11 is 0.